The predicted octanol–water partition coefficient (Wildman–Crippen LogP) is 5.33. The van der Waals surface area contributed by atoms with Gasteiger partial charge in [0.15, 0.2) is 0 Å². The van der Waals surface area contributed by atoms with E-state index in [1.54, 1.807) is 0 Å². The van der Waals surface area contributed by atoms with Crippen LogP contribution < -0.4 is 15.5 Å². The van der Waals surface area contributed by atoms with E-state index in [4.69, 9.17) is 0 Å². The third kappa shape index (κ3) is 3.72. The van der Waals surface area contributed by atoms with Crippen molar-refractivity contribution in [3.8, 4) is 0 Å². The summed E-state index contributed by atoms with van der Waals surface area (Å²) < 4.78 is 0. The molecule has 0 spiro atoms. The van der Waals surface area contributed by atoms with Gasteiger partial charge in [-0.05, 0) is 67.1 Å². The monoisotopic (exact) mass is 437 g/mol. The normalized spacial score (nSPS) is 23.3. The molecule has 3 aliphatic heterocycles. The topological polar surface area (TPSA) is 44.4 Å². The molecule has 0 saturated carbocycles. The molecular weight excluding hydrogens is 406 g/mol. The third-order valence-electron chi connectivity index (χ3n) is 7.63. The van der Waals surface area contributed by atoms with Gasteiger partial charge < -0.3 is 15.5 Å². The van der Waals surface area contributed by atoms with Crippen LogP contribution in [0.3, 0.4) is 0 Å². The summed E-state index contributed by atoms with van der Waals surface area (Å²) in [6, 6.07) is 24.4. The van der Waals surface area contributed by atoms with Gasteiger partial charge in [-0.3, -0.25) is 4.79 Å². The van der Waals surface area contributed by atoms with Gasteiger partial charge in [0, 0.05) is 29.9 Å². The van der Waals surface area contributed by atoms with Gasteiger partial charge in [-0.1, -0.05) is 60.2 Å². The van der Waals surface area contributed by atoms with E-state index >= 15 is 0 Å². The molecule has 3 aromatic carbocycles. The fraction of sp³-hybridized carbons (Fsp3) is 0.345. The highest BCUT2D eigenvalue weighted by Gasteiger charge is 2.40. The zero-order valence-electron chi connectivity index (χ0n) is 19.2. The highest BCUT2D eigenvalue weighted by Crippen LogP contribution is 2.47. The number of aryl methyl sites for hydroxylation is 2. The molecule has 0 radical (unpaired) electrons. The number of anilines is 2. The molecular formula is C29H31N3O. The SMILES string of the molecule is Cc1cccc(C2Nc3ccc(CC(=O)N4CCCc5ccccc54)cc3C3NCCC23)c1. The lowest BCUT2D eigenvalue weighted by molar-refractivity contribution is -0.118. The average molecular weight is 438 g/mol. The van der Waals surface area contributed by atoms with E-state index in [0.717, 1.165) is 43.6 Å². The molecule has 0 bridgehead atoms. The van der Waals surface area contributed by atoms with E-state index in [1.165, 1.54) is 27.9 Å². The van der Waals surface area contributed by atoms with E-state index in [0.29, 0.717) is 24.4 Å². The van der Waals surface area contributed by atoms with Gasteiger partial charge in [-0.15, -0.1) is 0 Å². The minimum atomic E-state index is 0.194. The maximum absolute atomic E-state index is 13.3. The van der Waals surface area contributed by atoms with Crippen LogP contribution in [0.4, 0.5) is 11.4 Å². The highest BCUT2D eigenvalue weighted by atomic mass is 16.2. The standard InChI is InChI=1S/C29H31N3O/c1-19-6-4-8-22(16-19)28-23-13-14-30-29(23)24-17-20(11-12-25(24)31-28)18-27(33)32-15-5-9-21-7-2-3-10-26(21)32/h2-4,6-8,10-12,16-17,23,28-31H,5,9,13-15,18H2,1H3. The molecule has 0 aliphatic carbocycles. The predicted molar refractivity (Wildman–Crippen MR) is 134 cm³/mol. The molecule has 3 atom stereocenters. The van der Waals surface area contributed by atoms with Crippen LogP contribution in [-0.2, 0) is 17.6 Å². The Morgan fingerprint density at radius 1 is 1.03 bits per heavy atom. The van der Waals surface area contributed by atoms with Crippen molar-refractivity contribution in [3.05, 3.63) is 94.5 Å². The second-order valence-corrected chi connectivity index (χ2v) is 9.80. The van der Waals surface area contributed by atoms with E-state index < -0.39 is 0 Å². The van der Waals surface area contributed by atoms with Crippen LogP contribution in [0.2, 0.25) is 0 Å². The zero-order chi connectivity index (χ0) is 22.4. The number of carbonyl (C=O) groups is 1. The molecule has 6 rings (SSSR count). The van der Waals surface area contributed by atoms with Gasteiger partial charge in [-0.25, -0.2) is 0 Å². The lowest BCUT2D eigenvalue weighted by Gasteiger charge is -2.37. The van der Waals surface area contributed by atoms with Crippen LogP contribution in [0.5, 0.6) is 0 Å². The number of nitrogens with one attached hydrogen (secondary N) is 2. The summed E-state index contributed by atoms with van der Waals surface area (Å²) in [7, 11) is 0. The van der Waals surface area contributed by atoms with Crippen molar-refractivity contribution in [1.82, 2.24) is 5.32 Å². The Morgan fingerprint density at radius 3 is 2.85 bits per heavy atom. The molecule has 1 saturated heterocycles. The van der Waals surface area contributed by atoms with Gasteiger partial charge >= 0.3 is 0 Å². The van der Waals surface area contributed by atoms with Crippen molar-refractivity contribution in [3.63, 3.8) is 0 Å². The lowest BCUT2D eigenvalue weighted by atomic mass is 9.79. The fourth-order valence-electron chi connectivity index (χ4n) is 6.07. The van der Waals surface area contributed by atoms with E-state index in [2.05, 4.69) is 78.2 Å². The quantitative estimate of drug-likeness (QED) is 0.582. The molecule has 168 valence electrons. The first kappa shape index (κ1) is 20.5. The Balaban J connectivity index is 1.27. The summed E-state index contributed by atoms with van der Waals surface area (Å²) >= 11 is 0. The molecule has 4 nitrogen and oxygen atoms in total. The maximum atomic E-state index is 13.3. The summed E-state index contributed by atoms with van der Waals surface area (Å²) in [4.78, 5) is 15.3. The highest BCUT2D eigenvalue weighted by molar-refractivity contribution is 5.96. The molecule has 3 heterocycles. The minimum Gasteiger partial charge on any atom is -0.378 e. The van der Waals surface area contributed by atoms with Crippen molar-refractivity contribution in [2.75, 3.05) is 23.3 Å². The fourth-order valence-corrected chi connectivity index (χ4v) is 6.07. The van der Waals surface area contributed by atoms with Crippen molar-refractivity contribution >= 4 is 17.3 Å². The number of carbonyl (C=O) groups excluding carboxylic acids is 1. The molecule has 33 heavy (non-hydrogen) atoms. The van der Waals surface area contributed by atoms with Crippen LogP contribution in [0.15, 0.2) is 66.7 Å². The smallest absolute Gasteiger partial charge is 0.231 e. The molecule has 1 amide bonds. The first-order chi connectivity index (χ1) is 16.2. The van der Waals surface area contributed by atoms with Crippen LogP contribution in [0, 0.1) is 12.8 Å². The second-order valence-electron chi connectivity index (χ2n) is 9.80. The summed E-state index contributed by atoms with van der Waals surface area (Å²) in [5.41, 5.74) is 8.64. The number of hydrogen-bond acceptors (Lipinski definition) is 3. The van der Waals surface area contributed by atoms with Gasteiger partial charge in [0.2, 0.25) is 5.91 Å². The number of nitrogens with zero attached hydrogens (tertiary/aromatic N) is 1. The first-order valence-corrected chi connectivity index (χ1v) is 12.2. The molecule has 1 fully saturated rings. The average Bonchev–Trinajstić information content (AvgIpc) is 3.33. The third-order valence-corrected chi connectivity index (χ3v) is 7.63. The summed E-state index contributed by atoms with van der Waals surface area (Å²) in [5, 5.41) is 7.58. The minimum absolute atomic E-state index is 0.194. The Bertz CT molecular complexity index is 1200. The first-order valence-electron chi connectivity index (χ1n) is 12.2. The number of rotatable bonds is 3. The number of hydrogen-bond donors (Lipinski definition) is 2. The molecule has 4 heteroatoms. The molecule has 3 unspecified atom stereocenters. The van der Waals surface area contributed by atoms with Crippen molar-refractivity contribution < 1.29 is 4.79 Å². The van der Waals surface area contributed by atoms with Gasteiger partial charge in [0.05, 0.1) is 12.5 Å². The van der Waals surface area contributed by atoms with E-state index in [-0.39, 0.29) is 5.91 Å². The van der Waals surface area contributed by atoms with Crippen molar-refractivity contribution in [2.24, 2.45) is 5.92 Å². The summed E-state index contributed by atoms with van der Waals surface area (Å²) in [6.45, 7) is 4.01. The number of para-hydroxylation sites is 1. The molecule has 2 N–H and O–H groups in total. The van der Waals surface area contributed by atoms with Gasteiger partial charge in [0.1, 0.15) is 0 Å². The van der Waals surface area contributed by atoms with Crippen LogP contribution >= 0.6 is 0 Å². The van der Waals surface area contributed by atoms with Crippen LogP contribution in [0.25, 0.3) is 0 Å². The Labute approximate surface area is 196 Å². The Kier molecular flexibility index (Phi) is 5.18. The zero-order valence-corrected chi connectivity index (χ0v) is 19.2. The second kappa shape index (κ2) is 8.35. The molecule has 0 aromatic heterocycles. The van der Waals surface area contributed by atoms with Crippen molar-refractivity contribution in [1.29, 1.82) is 0 Å². The number of fused-ring (bicyclic) bond motifs is 4. The Morgan fingerprint density at radius 2 is 1.94 bits per heavy atom. The van der Waals surface area contributed by atoms with Crippen molar-refractivity contribution in [2.45, 2.75) is 44.7 Å². The summed E-state index contributed by atoms with van der Waals surface area (Å²) in [5.74, 6) is 0.707. The largest absolute Gasteiger partial charge is 0.378 e. The number of amides is 1. The molecule has 3 aliphatic rings. The van der Waals surface area contributed by atoms with E-state index in [9.17, 15) is 4.79 Å². The van der Waals surface area contributed by atoms with Crippen LogP contribution in [-0.4, -0.2) is 19.0 Å². The van der Waals surface area contributed by atoms with Gasteiger partial charge in [0.25, 0.3) is 0 Å². The summed E-state index contributed by atoms with van der Waals surface area (Å²) in [6.07, 6.45) is 3.69. The number of benzene rings is 3. The van der Waals surface area contributed by atoms with Gasteiger partial charge in [-0.2, -0.15) is 0 Å². The maximum Gasteiger partial charge on any atom is 0.231 e. The Hall–Kier alpha value is -3.11. The molecule has 3 aromatic rings. The lowest BCUT2D eigenvalue weighted by Crippen LogP contribution is -2.36. The van der Waals surface area contributed by atoms with E-state index in [1.807, 2.05) is 11.0 Å². The van der Waals surface area contributed by atoms with Crippen LogP contribution in [0.1, 0.15) is 52.7 Å².